The first-order chi connectivity index (χ1) is 13.9. The molecule has 6 nitrogen and oxygen atoms in total. The monoisotopic (exact) mass is 411 g/mol. The van der Waals surface area contributed by atoms with E-state index in [-0.39, 0.29) is 24.3 Å². The Balaban J connectivity index is 1.60. The summed E-state index contributed by atoms with van der Waals surface area (Å²) in [4.78, 5) is 28.7. The van der Waals surface area contributed by atoms with Gasteiger partial charge in [0.1, 0.15) is 0 Å². The molecule has 3 rings (SSSR count). The van der Waals surface area contributed by atoms with Gasteiger partial charge in [-0.25, -0.2) is 4.98 Å². The molecule has 0 aliphatic carbocycles. The van der Waals surface area contributed by atoms with Crippen LogP contribution in [0.2, 0.25) is 5.02 Å². The molecule has 150 valence electrons. The van der Waals surface area contributed by atoms with E-state index >= 15 is 0 Å². The fraction of sp³-hybridized carbons (Fsp3) is 0.227. The highest BCUT2D eigenvalue weighted by atomic mass is 35.5. The lowest BCUT2D eigenvalue weighted by atomic mass is 10.1. The Kier molecular flexibility index (Phi) is 6.67. The van der Waals surface area contributed by atoms with Crippen molar-refractivity contribution in [1.82, 2.24) is 10.3 Å². The Morgan fingerprint density at radius 1 is 1.14 bits per heavy atom. The number of nitrogens with one attached hydrogen (secondary N) is 2. The van der Waals surface area contributed by atoms with Crippen LogP contribution in [0.25, 0.3) is 11.3 Å². The maximum Gasteiger partial charge on any atom is 0.251 e. The summed E-state index contributed by atoms with van der Waals surface area (Å²) in [6, 6.07) is 14.4. The number of aryl methyl sites for hydroxylation is 1. The minimum atomic E-state index is -0.243. The second-order valence-corrected chi connectivity index (χ2v) is 7.26. The molecule has 0 saturated heterocycles. The summed E-state index contributed by atoms with van der Waals surface area (Å²) in [7, 11) is 0. The highest BCUT2D eigenvalue weighted by Crippen LogP contribution is 2.24. The lowest BCUT2D eigenvalue weighted by molar-refractivity contribution is -0.116. The van der Waals surface area contributed by atoms with Crippen LogP contribution in [0.5, 0.6) is 0 Å². The Hall–Kier alpha value is -3.12. The van der Waals surface area contributed by atoms with E-state index in [1.807, 2.05) is 44.2 Å². The van der Waals surface area contributed by atoms with Crippen molar-refractivity contribution in [3.63, 3.8) is 0 Å². The summed E-state index contributed by atoms with van der Waals surface area (Å²) < 4.78 is 5.71. The normalized spacial score (nSPS) is 10.8. The van der Waals surface area contributed by atoms with Crippen LogP contribution in [-0.4, -0.2) is 22.8 Å². The average Bonchev–Trinajstić information content (AvgIpc) is 3.17. The molecule has 0 unspecified atom stereocenters. The third-order valence-corrected chi connectivity index (χ3v) is 4.43. The zero-order chi connectivity index (χ0) is 20.8. The number of hydrogen-bond donors (Lipinski definition) is 2. The SMILES string of the molecule is CC(C)NC(=O)c1ccc(Cl)c(NC(=O)CCc2ncc(-c3ccccc3)o2)c1. The van der Waals surface area contributed by atoms with E-state index in [2.05, 4.69) is 15.6 Å². The first kappa shape index (κ1) is 20.6. The number of benzene rings is 2. The van der Waals surface area contributed by atoms with Crippen LogP contribution in [0.1, 0.15) is 36.5 Å². The molecular weight excluding hydrogens is 390 g/mol. The van der Waals surface area contributed by atoms with E-state index < -0.39 is 0 Å². The molecule has 2 N–H and O–H groups in total. The van der Waals surface area contributed by atoms with Crippen molar-refractivity contribution in [2.75, 3.05) is 5.32 Å². The van der Waals surface area contributed by atoms with Crippen molar-refractivity contribution in [3.05, 3.63) is 71.2 Å². The number of rotatable bonds is 7. The van der Waals surface area contributed by atoms with Gasteiger partial charge in [0.25, 0.3) is 5.91 Å². The number of nitrogens with zero attached hydrogens (tertiary/aromatic N) is 1. The van der Waals surface area contributed by atoms with Gasteiger partial charge >= 0.3 is 0 Å². The molecule has 3 aromatic rings. The molecule has 0 radical (unpaired) electrons. The van der Waals surface area contributed by atoms with Crippen LogP contribution in [0, 0.1) is 0 Å². The Labute approximate surface area is 174 Å². The van der Waals surface area contributed by atoms with E-state index in [1.54, 1.807) is 24.4 Å². The number of anilines is 1. The molecule has 2 aromatic carbocycles. The molecule has 0 aliphatic heterocycles. The number of hydrogen-bond acceptors (Lipinski definition) is 4. The van der Waals surface area contributed by atoms with Gasteiger partial charge in [0.15, 0.2) is 11.7 Å². The Morgan fingerprint density at radius 2 is 1.90 bits per heavy atom. The summed E-state index contributed by atoms with van der Waals surface area (Å²) in [5.74, 6) is 0.677. The van der Waals surface area contributed by atoms with Crippen LogP contribution in [0.15, 0.2) is 59.1 Å². The van der Waals surface area contributed by atoms with E-state index in [0.717, 1.165) is 5.56 Å². The summed E-state index contributed by atoms with van der Waals surface area (Å²) >= 11 is 6.16. The molecule has 0 spiro atoms. The minimum Gasteiger partial charge on any atom is -0.441 e. The first-order valence-corrected chi connectivity index (χ1v) is 9.70. The molecule has 0 bridgehead atoms. The van der Waals surface area contributed by atoms with E-state index in [9.17, 15) is 9.59 Å². The van der Waals surface area contributed by atoms with E-state index in [0.29, 0.717) is 34.3 Å². The number of oxazole rings is 1. The Bertz CT molecular complexity index is 1000. The van der Waals surface area contributed by atoms with Crippen LogP contribution >= 0.6 is 11.6 Å². The first-order valence-electron chi connectivity index (χ1n) is 9.33. The largest absolute Gasteiger partial charge is 0.441 e. The van der Waals surface area contributed by atoms with Gasteiger partial charge in [-0.05, 0) is 32.0 Å². The number of carbonyl (C=O) groups excluding carboxylic acids is 2. The molecule has 0 saturated carbocycles. The lowest BCUT2D eigenvalue weighted by Gasteiger charge is -2.11. The third-order valence-electron chi connectivity index (χ3n) is 4.10. The molecule has 0 aliphatic rings. The van der Waals surface area contributed by atoms with Crippen molar-refractivity contribution in [3.8, 4) is 11.3 Å². The summed E-state index contributed by atoms with van der Waals surface area (Å²) in [6.45, 7) is 3.75. The van der Waals surface area contributed by atoms with E-state index in [4.69, 9.17) is 16.0 Å². The van der Waals surface area contributed by atoms with Crippen LogP contribution in [-0.2, 0) is 11.2 Å². The molecular formula is C22H22ClN3O3. The minimum absolute atomic E-state index is 0.0118. The molecule has 0 fully saturated rings. The van der Waals surface area contributed by atoms with Crippen molar-refractivity contribution in [2.24, 2.45) is 0 Å². The van der Waals surface area contributed by atoms with Crippen LogP contribution in [0.3, 0.4) is 0 Å². The highest BCUT2D eigenvalue weighted by molar-refractivity contribution is 6.33. The predicted molar refractivity (Wildman–Crippen MR) is 113 cm³/mol. The van der Waals surface area contributed by atoms with Gasteiger partial charge in [-0.2, -0.15) is 0 Å². The number of amides is 2. The fourth-order valence-corrected chi connectivity index (χ4v) is 2.87. The maximum atomic E-state index is 12.3. The predicted octanol–water partition coefficient (Wildman–Crippen LogP) is 4.70. The standard InChI is InChI=1S/C22H22ClN3O3/c1-14(2)25-22(28)16-8-9-17(23)18(12-16)26-20(27)10-11-21-24-13-19(29-21)15-6-4-3-5-7-15/h3-9,12-14H,10-11H2,1-2H3,(H,25,28)(H,26,27). The Morgan fingerprint density at radius 3 is 2.62 bits per heavy atom. The lowest BCUT2D eigenvalue weighted by Crippen LogP contribution is -2.30. The zero-order valence-corrected chi connectivity index (χ0v) is 17.0. The van der Waals surface area contributed by atoms with E-state index in [1.165, 1.54) is 0 Å². The summed E-state index contributed by atoms with van der Waals surface area (Å²) in [6.07, 6.45) is 2.17. The second-order valence-electron chi connectivity index (χ2n) is 6.86. The zero-order valence-electron chi connectivity index (χ0n) is 16.2. The van der Waals surface area contributed by atoms with Crippen molar-refractivity contribution < 1.29 is 14.0 Å². The van der Waals surface area contributed by atoms with Crippen molar-refractivity contribution in [2.45, 2.75) is 32.7 Å². The molecule has 2 amide bonds. The highest BCUT2D eigenvalue weighted by Gasteiger charge is 2.13. The molecule has 1 heterocycles. The van der Waals surface area contributed by atoms with Gasteiger partial charge in [0.05, 0.1) is 16.9 Å². The third kappa shape index (κ3) is 5.68. The average molecular weight is 412 g/mol. The topological polar surface area (TPSA) is 84.2 Å². The van der Waals surface area contributed by atoms with Gasteiger partial charge in [0, 0.05) is 30.0 Å². The van der Waals surface area contributed by atoms with Crippen LogP contribution in [0.4, 0.5) is 5.69 Å². The summed E-state index contributed by atoms with van der Waals surface area (Å²) in [5.41, 5.74) is 1.75. The quantitative estimate of drug-likeness (QED) is 0.590. The molecule has 7 heteroatoms. The van der Waals surface area contributed by atoms with Gasteiger partial charge in [-0.3, -0.25) is 9.59 Å². The van der Waals surface area contributed by atoms with Crippen molar-refractivity contribution in [1.29, 1.82) is 0 Å². The number of aromatic nitrogens is 1. The van der Waals surface area contributed by atoms with Gasteiger partial charge in [0.2, 0.25) is 5.91 Å². The molecule has 1 aromatic heterocycles. The number of carbonyl (C=O) groups is 2. The number of halogens is 1. The molecule has 0 atom stereocenters. The smallest absolute Gasteiger partial charge is 0.251 e. The van der Waals surface area contributed by atoms with Gasteiger partial charge < -0.3 is 15.1 Å². The second kappa shape index (κ2) is 9.39. The van der Waals surface area contributed by atoms with Gasteiger partial charge in [-0.15, -0.1) is 0 Å². The van der Waals surface area contributed by atoms with Crippen molar-refractivity contribution >= 4 is 29.1 Å². The van der Waals surface area contributed by atoms with Crippen LogP contribution < -0.4 is 10.6 Å². The fourth-order valence-electron chi connectivity index (χ4n) is 2.70. The van der Waals surface area contributed by atoms with Gasteiger partial charge in [-0.1, -0.05) is 41.9 Å². The molecule has 29 heavy (non-hydrogen) atoms. The maximum absolute atomic E-state index is 12.3. The summed E-state index contributed by atoms with van der Waals surface area (Å²) in [5, 5.41) is 5.92.